The Kier molecular flexibility index (Phi) is 6.85. The number of tetrazole rings is 1. The topological polar surface area (TPSA) is 82.9 Å². The summed E-state index contributed by atoms with van der Waals surface area (Å²) in [5, 5.41) is 13.5. The van der Waals surface area contributed by atoms with Crippen LogP contribution in [0.4, 0.5) is 14.5 Å². The maximum absolute atomic E-state index is 14.5. The summed E-state index contributed by atoms with van der Waals surface area (Å²) >= 11 is 0. The predicted molar refractivity (Wildman–Crippen MR) is 149 cm³/mol. The average molecular weight is 542 g/mol. The molecule has 0 spiro atoms. The number of nitrogens with zero attached hydrogens (tertiary/aromatic N) is 6. The van der Waals surface area contributed by atoms with Crippen LogP contribution in [-0.4, -0.2) is 56.3 Å². The molecule has 1 N–H and O–H groups in total. The Hall–Kier alpha value is -4.44. The van der Waals surface area contributed by atoms with Gasteiger partial charge in [0.2, 0.25) is 0 Å². The van der Waals surface area contributed by atoms with Crippen molar-refractivity contribution in [1.82, 2.24) is 30.1 Å². The number of H-pyrrole nitrogens is 1. The van der Waals surface area contributed by atoms with E-state index >= 15 is 0 Å². The summed E-state index contributed by atoms with van der Waals surface area (Å²) in [6.07, 6.45) is 0. The van der Waals surface area contributed by atoms with Crippen molar-refractivity contribution in [2.45, 2.75) is 26.4 Å². The van der Waals surface area contributed by atoms with Crippen LogP contribution in [0, 0.1) is 25.5 Å². The third-order valence-electron chi connectivity index (χ3n) is 7.56. The van der Waals surface area contributed by atoms with Crippen LogP contribution in [0.25, 0.3) is 10.9 Å². The third-order valence-corrected chi connectivity index (χ3v) is 7.56. The lowest BCUT2D eigenvalue weighted by molar-refractivity contribution is 0.200. The minimum Gasteiger partial charge on any atom is -0.367 e. The summed E-state index contributed by atoms with van der Waals surface area (Å²) in [5.41, 5.74) is 4.62. The van der Waals surface area contributed by atoms with Gasteiger partial charge in [-0.2, -0.15) is 0 Å². The van der Waals surface area contributed by atoms with Gasteiger partial charge in [0.25, 0.3) is 5.56 Å². The van der Waals surface area contributed by atoms with E-state index in [9.17, 15) is 13.6 Å². The number of pyridine rings is 1. The van der Waals surface area contributed by atoms with Crippen molar-refractivity contribution in [3.63, 3.8) is 0 Å². The lowest BCUT2D eigenvalue weighted by atomic mass is 9.99. The van der Waals surface area contributed by atoms with E-state index in [0.717, 1.165) is 27.6 Å². The first-order chi connectivity index (χ1) is 19.4. The van der Waals surface area contributed by atoms with Gasteiger partial charge in [-0.05, 0) is 77.4 Å². The molecule has 1 saturated heterocycles. The van der Waals surface area contributed by atoms with Crippen molar-refractivity contribution >= 4 is 16.6 Å². The number of rotatable bonds is 6. The number of anilines is 1. The minimum absolute atomic E-state index is 0.213. The zero-order valence-electron chi connectivity index (χ0n) is 22.3. The number of aromatic nitrogens is 5. The van der Waals surface area contributed by atoms with Crippen LogP contribution in [0.1, 0.15) is 34.1 Å². The van der Waals surface area contributed by atoms with Gasteiger partial charge in [0.15, 0.2) is 5.82 Å². The van der Waals surface area contributed by atoms with Gasteiger partial charge in [0.1, 0.15) is 17.7 Å². The monoisotopic (exact) mass is 541 g/mol. The summed E-state index contributed by atoms with van der Waals surface area (Å²) in [4.78, 5) is 20.9. The first-order valence-electron chi connectivity index (χ1n) is 13.3. The summed E-state index contributed by atoms with van der Waals surface area (Å²) < 4.78 is 29.7. The van der Waals surface area contributed by atoms with Gasteiger partial charge in [-0.3, -0.25) is 9.69 Å². The quantitative estimate of drug-likeness (QED) is 0.344. The highest BCUT2D eigenvalue weighted by Gasteiger charge is 2.33. The molecule has 40 heavy (non-hydrogen) atoms. The molecule has 2 aromatic heterocycles. The van der Waals surface area contributed by atoms with Crippen molar-refractivity contribution < 1.29 is 8.78 Å². The second-order valence-corrected chi connectivity index (χ2v) is 10.3. The Balaban J connectivity index is 1.41. The Morgan fingerprint density at radius 1 is 0.950 bits per heavy atom. The molecule has 10 heteroatoms. The van der Waals surface area contributed by atoms with Crippen molar-refractivity contribution in [3.8, 4) is 0 Å². The lowest BCUT2D eigenvalue weighted by Gasteiger charge is -2.39. The summed E-state index contributed by atoms with van der Waals surface area (Å²) in [5.74, 6) is -0.0645. The van der Waals surface area contributed by atoms with Crippen molar-refractivity contribution in [2.75, 3.05) is 31.1 Å². The van der Waals surface area contributed by atoms with E-state index in [-0.39, 0.29) is 17.2 Å². The number of hydrogen-bond acceptors (Lipinski definition) is 6. The molecule has 1 fully saturated rings. The highest BCUT2D eigenvalue weighted by atomic mass is 19.1. The van der Waals surface area contributed by atoms with Gasteiger partial charge in [-0.15, -0.1) is 5.10 Å². The van der Waals surface area contributed by atoms with Crippen molar-refractivity contribution in [1.29, 1.82) is 0 Å². The number of para-hydroxylation sites is 1. The zero-order valence-corrected chi connectivity index (χ0v) is 22.3. The fourth-order valence-corrected chi connectivity index (χ4v) is 5.60. The SMILES string of the molecule is Cc1cc(C)c2cc([C@H](c3nnnn3Cc3ccc(F)cc3)N3CCN(c4ccccc4F)CC3)c(=O)[nH]c2c1. The molecule has 3 aromatic carbocycles. The fourth-order valence-electron chi connectivity index (χ4n) is 5.60. The minimum atomic E-state index is -0.549. The highest BCUT2D eigenvalue weighted by Crippen LogP contribution is 2.30. The molecule has 5 aromatic rings. The Bertz CT molecular complexity index is 1720. The molecule has 1 aliphatic rings. The number of piperazine rings is 1. The van der Waals surface area contributed by atoms with Crippen LogP contribution in [0.5, 0.6) is 0 Å². The Morgan fingerprint density at radius 2 is 1.70 bits per heavy atom. The number of aromatic amines is 1. The first-order valence-corrected chi connectivity index (χ1v) is 13.3. The lowest BCUT2D eigenvalue weighted by Crippen LogP contribution is -2.49. The second kappa shape index (κ2) is 10.6. The molecule has 204 valence electrons. The molecule has 0 aliphatic carbocycles. The van der Waals surface area contributed by atoms with E-state index in [1.165, 1.54) is 18.2 Å². The number of nitrogens with one attached hydrogen (secondary N) is 1. The van der Waals surface area contributed by atoms with Gasteiger partial charge < -0.3 is 9.88 Å². The van der Waals surface area contributed by atoms with Crippen LogP contribution < -0.4 is 10.5 Å². The van der Waals surface area contributed by atoms with Crippen molar-refractivity contribution in [3.05, 3.63) is 117 Å². The third kappa shape index (κ3) is 4.98. The fraction of sp³-hybridized carbons (Fsp3) is 0.267. The van der Waals surface area contributed by atoms with E-state index < -0.39 is 6.04 Å². The Labute approximate surface area is 229 Å². The Morgan fingerprint density at radius 3 is 2.45 bits per heavy atom. The molecular formula is C30H29F2N7O. The number of benzene rings is 3. The highest BCUT2D eigenvalue weighted by molar-refractivity contribution is 5.83. The maximum atomic E-state index is 14.5. The molecule has 0 radical (unpaired) electrons. The van der Waals surface area contributed by atoms with Crippen LogP contribution in [0.15, 0.2) is 71.5 Å². The predicted octanol–water partition coefficient (Wildman–Crippen LogP) is 4.37. The van der Waals surface area contributed by atoms with E-state index in [0.29, 0.717) is 49.8 Å². The smallest absolute Gasteiger partial charge is 0.253 e. The molecule has 0 bridgehead atoms. The van der Waals surface area contributed by atoms with Crippen LogP contribution in [0.3, 0.4) is 0 Å². The molecule has 6 rings (SSSR count). The maximum Gasteiger partial charge on any atom is 0.253 e. The molecule has 0 unspecified atom stereocenters. The standard InChI is InChI=1S/C30H29F2N7O/c1-19-15-20(2)23-17-24(30(40)33-26(23)16-19)28(29-34-35-36-39(29)18-21-7-9-22(31)10-8-21)38-13-11-37(12-14-38)27-6-4-3-5-25(27)32/h3-10,15-17,28H,11-14,18H2,1-2H3,(H,33,40)/t28-/m1/s1. The van der Waals surface area contributed by atoms with Gasteiger partial charge >= 0.3 is 0 Å². The van der Waals surface area contributed by atoms with E-state index in [1.807, 2.05) is 36.9 Å². The summed E-state index contributed by atoms with van der Waals surface area (Å²) in [6, 6.07) is 18.4. The second-order valence-electron chi connectivity index (χ2n) is 10.3. The van der Waals surface area contributed by atoms with E-state index in [4.69, 9.17) is 0 Å². The largest absolute Gasteiger partial charge is 0.367 e. The number of aryl methyl sites for hydroxylation is 2. The van der Waals surface area contributed by atoms with Crippen LogP contribution in [0.2, 0.25) is 0 Å². The zero-order chi connectivity index (χ0) is 27.8. The van der Waals surface area contributed by atoms with Crippen LogP contribution >= 0.6 is 0 Å². The average Bonchev–Trinajstić information content (AvgIpc) is 3.39. The number of hydrogen-bond donors (Lipinski definition) is 1. The molecule has 0 amide bonds. The van der Waals surface area contributed by atoms with Gasteiger partial charge in [-0.1, -0.05) is 30.3 Å². The molecule has 3 heterocycles. The molecule has 0 saturated carbocycles. The van der Waals surface area contributed by atoms with E-state index in [2.05, 4.69) is 31.5 Å². The summed E-state index contributed by atoms with van der Waals surface area (Å²) in [7, 11) is 0. The summed E-state index contributed by atoms with van der Waals surface area (Å²) in [6.45, 7) is 6.61. The molecule has 1 aliphatic heterocycles. The van der Waals surface area contributed by atoms with E-state index in [1.54, 1.807) is 28.9 Å². The van der Waals surface area contributed by atoms with Gasteiger partial charge in [0.05, 0.1) is 12.2 Å². The number of halogens is 2. The first kappa shape index (κ1) is 25.8. The molecular weight excluding hydrogens is 512 g/mol. The van der Waals surface area contributed by atoms with Crippen LogP contribution in [-0.2, 0) is 6.54 Å². The molecule has 8 nitrogen and oxygen atoms in total. The van der Waals surface area contributed by atoms with Crippen molar-refractivity contribution in [2.24, 2.45) is 0 Å². The number of fused-ring (bicyclic) bond motifs is 1. The van der Waals surface area contributed by atoms with Gasteiger partial charge in [-0.25, -0.2) is 13.5 Å². The normalized spacial score (nSPS) is 15.1. The van der Waals surface area contributed by atoms with Gasteiger partial charge in [0, 0.05) is 42.6 Å². The molecule has 1 atom stereocenters.